The highest BCUT2D eigenvalue weighted by Gasteiger charge is 2.44. The lowest BCUT2D eigenvalue weighted by Gasteiger charge is -2.18. The molecule has 2 aromatic carbocycles. The third-order valence-electron chi connectivity index (χ3n) is 4.79. The van der Waals surface area contributed by atoms with Crippen LogP contribution in [0.3, 0.4) is 0 Å². The van der Waals surface area contributed by atoms with Crippen LogP contribution in [0.1, 0.15) is 27.1 Å². The lowest BCUT2D eigenvalue weighted by molar-refractivity contribution is -0.274. The largest absolute Gasteiger partial charge is 0.573 e. The van der Waals surface area contributed by atoms with Crippen molar-refractivity contribution in [3.05, 3.63) is 59.7 Å². The van der Waals surface area contributed by atoms with Crippen LogP contribution >= 0.6 is 0 Å². The molecule has 1 unspecified atom stereocenters. The van der Waals surface area contributed by atoms with Crippen LogP contribution in [-0.2, 0) is 14.4 Å². The van der Waals surface area contributed by atoms with Gasteiger partial charge in [0.1, 0.15) is 11.7 Å². The van der Waals surface area contributed by atoms with E-state index in [0.717, 1.165) is 17.0 Å². The van der Waals surface area contributed by atoms with Crippen molar-refractivity contribution in [2.45, 2.75) is 12.8 Å². The number of rotatable bonds is 4. The second-order valence-corrected chi connectivity index (χ2v) is 6.74. The van der Waals surface area contributed by atoms with Crippen LogP contribution in [0.15, 0.2) is 48.5 Å². The summed E-state index contributed by atoms with van der Waals surface area (Å²) in [6.07, 6.45) is -4.91. The van der Waals surface area contributed by atoms with Gasteiger partial charge < -0.3 is 14.5 Å². The first-order chi connectivity index (χ1) is 14.7. The summed E-state index contributed by atoms with van der Waals surface area (Å²) in [4.78, 5) is 55.8. The molecule has 0 aromatic heterocycles. The monoisotopic (exact) mass is 434 g/mol. The van der Waals surface area contributed by atoms with E-state index >= 15 is 0 Å². The van der Waals surface area contributed by atoms with Gasteiger partial charge in [-0.1, -0.05) is 23.3 Å². The summed E-state index contributed by atoms with van der Waals surface area (Å²) < 4.78 is 41.1. The molecule has 8 nitrogen and oxygen atoms in total. The molecule has 2 aliphatic rings. The smallest absolute Gasteiger partial charge is 0.406 e. The number of anilines is 1. The first-order valence-corrected chi connectivity index (χ1v) is 9.02. The van der Waals surface area contributed by atoms with Gasteiger partial charge in [0.15, 0.2) is 0 Å². The minimum absolute atomic E-state index is 0.00874. The zero-order valence-electron chi connectivity index (χ0n) is 15.6. The van der Waals surface area contributed by atoms with Crippen LogP contribution < -0.4 is 9.64 Å². The number of nitrogens with zero attached hydrogens (tertiary/aromatic N) is 2. The van der Waals surface area contributed by atoms with E-state index in [1.54, 1.807) is 12.1 Å². The minimum atomic E-state index is -4.90. The molecule has 1 saturated heterocycles. The summed E-state index contributed by atoms with van der Waals surface area (Å²) >= 11 is 0. The quantitative estimate of drug-likeness (QED) is 0.543. The number of benzene rings is 2. The summed E-state index contributed by atoms with van der Waals surface area (Å²) in [5.74, 6) is -5.33. The summed E-state index contributed by atoms with van der Waals surface area (Å²) in [6, 6.07) is 10.7. The van der Waals surface area contributed by atoms with Gasteiger partial charge in [-0.25, -0.2) is 4.79 Å². The number of amides is 3. The summed E-state index contributed by atoms with van der Waals surface area (Å²) in [5, 5.41) is 0.306. The van der Waals surface area contributed by atoms with Crippen molar-refractivity contribution < 1.29 is 41.9 Å². The Bertz CT molecular complexity index is 1070. The normalized spacial score (nSPS) is 18.4. The predicted molar refractivity (Wildman–Crippen MR) is 96.6 cm³/mol. The Hall–Kier alpha value is -3.89. The number of carbonyl (C=O) groups excluding carboxylic acids is 4. The van der Waals surface area contributed by atoms with Crippen molar-refractivity contribution in [3.63, 3.8) is 0 Å². The number of halogens is 3. The van der Waals surface area contributed by atoms with Gasteiger partial charge >= 0.3 is 12.3 Å². The Kier molecular flexibility index (Phi) is 4.88. The molecule has 2 aromatic rings. The van der Waals surface area contributed by atoms with E-state index in [-0.39, 0.29) is 29.8 Å². The molecule has 2 aliphatic heterocycles. The number of alkyl halides is 3. The van der Waals surface area contributed by atoms with Gasteiger partial charge in [-0.05, 0) is 30.7 Å². The fourth-order valence-corrected chi connectivity index (χ4v) is 3.41. The van der Waals surface area contributed by atoms with Crippen LogP contribution in [0, 0.1) is 5.92 Å². The van der Waals surface area contributed by atoms with E-state index in [4.69, 9.17) is 4.84 Å². The van der Waals surface area contributed by atoms with Crippen molar-refractivity contribution in [3.8, 4) is 5.75 Å². The summed E-state index contributed by atoms with van der Waals surface area (Å²) in [5.41, 5.74) is 0.241. The second kappa shape index (κ2) is 7.42. The Morgan fingerprint density at radius 3 is 2.23 bits per heavy atom. The highest BCUT2D eigenvalue weighted by Crippen LogP contribution is 2.31. The highest BCUT2D eigenvalue weighted by molar-refractivity contribution is 6.21. The average Bonchev–Trinajstić information content (AvgIpc) is 3.21. The average molecular weight is 434 g/mol. The van der Waals surface area contributed by atoms with Crippen LogP contribution in [0.25, 0.3) is 0 Å². The molecule has 2 heterocycles. The molecule has 3 amide bonds. The first-order valence-electron chi connectivity index (χ1n) is 9.02. The van der Waals surface area contributed by atoms with E-state index in [0.29, 0.717) is 5.06 Å². The van der Waals surface area contributed by atoms with Crippen molar-refractivity contribution in [1.82, 2.24) is 5.06 Å². The number of imide groups is 1. The molecular weight excluding hydrogens is 421 g/mol. The van der Waals surface area contributed by atoms with Gasteiger partial charge in [-0.2, -0.15) is 0 Å². The Balaban J connectivity index is 1.46. The highest BCUT2D eigenvalue weighted by atomic mass is 19.4. The third kappa shape index (κ3) is 3.81. The van der Waals surface area contributed by atoms with Gasteiger partial charge in [0.05, 0.1) is 11.1 Å². The van der Waals surface area contributed by atoms with Gasteiger partial charge in [0.2, 0.25) is 5.91 Å². The minimum Gasteiger partial charge on any atom is -0.406 e. The van der Waals surface area contributed by atoms with Crippen molar-refractivity contribution >= 4 is 29.4 Å². The van der Waals surface area contributed by atoms with E-state index in [1.807, 2.05) is 0 Å². The second-order valence-electron chi connectivity index (χ2n) is 6.74. The maximum Gasteiger partial charge on any atom is 0.573 e. The number of hydrogen-bond acceptors (Lipinski definition) is 6. The van der Waals surface area contributed by atoms with E-state index in [1.165, 1.54) is 24.3 Å². The number of hydrogen-bond donors (Lipinski definition) is 0. The van der Waals surface area contributed by atoms with Crippen LogP contribution in [0.5, 0.6) is 5.75 Å². The van der Waals surface area contributed by atoms with Gasteiger partial charge in [-0.3, -0.25) is 14.4 Å². The molecule has 11 heteroatoms. The topological polar surface area (TPSA) is 93.2 Å². The fourth-order valence-electron chi connectivity index (χ4n) is 3.41. The fraction of sp³-hybridized carbons (Fsp3) is 0.200. The number of carbonyl (C=O) groups is 4. The molecule has 4 rings (SSSR count). The Morgan fingerprint density at radius 1 is 0.968 bits per heavy atom. The molecule has 0 bridgehead atoms. The number of fused-ring (bicyclic) bond motifs is 1. The Labute approximate surface area is 172 Å². The van der Waals surface area contributed by atoms with Crippen LogP contribution in [0.4, 0.5) is 18.9 Å². The lowest BCUT2D eigenvalue weighted by atomic mass is 10.1. The van der Waals surface area contributed by atoms with E-state index < -0.39 is 41.7 Å². The van der Waals surface area contributed by atoms with Crippen molar-refractivity contribution in [2.24, 2.45) is 5.92 Å². The SMILES string of the molecule is O=C(ON1C(=O)c2ccccc2C1=O)C1CCN(c2cccc(OC(F)(F)F)c2)C1=O. The van der Waals surface area contributed by atoms with Gasteiger partial charge in [0.25, 0.3) is 11.8 Å². The Morgan fingerprint density at radius 2 is 1.61 bits per heavy atom. The van der Waals surface area contributed by atoms with Crippen LogP contribution in [-0.4, -0.2) is 41.7 Å². The molecule has 0 N–H and O–H groups in total. The molecule has 1 fully saturated rings. The summed E-state index contributed by atoms with van der Waals surface area (Å²) in [7, 11) is 0. The zero-order chi connectivity index (χ0) is 22.3. The lowest BCUT2D eigenvalue weighted by Crippen LogP contribution is -2.38. The zero-order valence-corrected chi connectivity index (χ0v) is 15.6. The summed E-state index contributed by atoms with van der Waals surface area (Å²) in [6.45, 7) is 0.0240. The third-order valence-corrected chi connectivity index (χ3v) is 4.79. The van der Waals surface area contributed by atoms with Crippen molar-refractivity contribution in [2.75, 3.05) is 11.4 Å². The molecular formula is C20H13F3N2O6. The molecule has 0 saturated carbocycles. The standard InChI is InChI=1S/C20H13F3N2O6/c21-20(22,23)30-12-5-3-4-11(10-12)24-9-8-15(16(24)26)19(29)31-25-17(27)13-6-1-2-7-14(13)18(25)28/h1-7,10,15H,8-9H2. The van der Waals surface area contributed by atoms with Gasteiger partial charge in [0, 0.05) is 18.3 Å². The molecule has 31 heavy (non-hydrogen) atoms. The maximum absolute atomic E-state index is 12.7. The molecule has 0 spiro atoms. The molecule has 1 atom stereocenters. The van der Waals surface area contributed by atoms with E-state index in [2.05, 4.69) is 4.74 Å². The van der Waals surface area contributed by atoms with Crippen LogP contribution in [0.2, 0.25) is 0 Å². The first kappa shape index (κ1) is 20.4. The van der Waals surface area contributed by atoms with Crippen molar-refractivity contribution in [1.29, 1.82) is 0 Å². The number of hydroxylamine groups is 2. The van der Waals surface area contributed by atoms with Gasteiger partial charge in [-0.15, -0.1) is 13.2 Å². The molecule has 0 aliphatic carbocycles. The number of ether oxygens (including phenoxy) is 1. The maximum atomic E-state index is 12.7. The predicted octanol–water partition coefficient (Wildman–Crippen LogP) is 2.69. The molecule has 160 valence electrons. The van der Waals surface area contributed by atoms with E-state index in [9.17, 15) is 32.3 Å². The molecule has 0 radical (unpaired) electrons.